The zero-order valence-corrected chi connectivity index (χ0v) is 19.1. The zero-order valence-electron chi connectivity index (χ0n) is 17.4. The second kappa shape index (κ2) is 10.2. The third-order valence-electron chi connectivity index (χ3n) is 4.90. The molecule has 3 heterocycles. The van der Waals surface area contributed by atoms with E-state index in [4.69, 9.17) is 4.74 Å². The molecule has 1 aliphatic heterocycles. The summed E-state index contributed by atoms with van der Waals surface area (Å²) in [5.41, 5.74) is 3.20. The van der Waals surface area contributed by atoms with Gasteiger partial charge in [-0.05, 0) is 18.2 Å². The molecule has 9 nitrogen and oxygen atoms in total. The molecule has 1 atom stereocenters. The molecule has 1 aliphatic rings. The number of hydrogen-bond acceptors (Lipinski definition) is 7. The molecular formula is C21H23N5O4S2. The summed E-state index contributed by atoms with van der Waals surface area (Å²) in [7, 11) is 0. The Morgan fingerprint density at radius 3 is 2.84 bits per heavy atom. The molecule has 11 heteroatoms. The normalized spacial score (nSPS) is 14.8. The van der Waals surface area contributed by atoms with Crippen molar-refractivity contribution in [2.75, 3.05) is 49.3 Å². The Balaban J connectivity index is 1.32. The molecule has 0 saturated carbocycles. The molecule has 168 valence electrons. The van der Waals surface area contributed by atoms with Crippen LogP contribution in [0.5, 0.6) is 0 Å². The van der Waals surface area contributed by atoms with Crippen molar-refractivity contribution in [2.24, 2.45) is 0 Å². The number of nitrogens with one attached hydrogen (secondary N) is 2. The summed E-state index contributed by atoms with van der Waals surface area (Å²) in [6.45, 7) is 2.96. The number of thiazole rings is 1. The van der Waals surface area contributed by atoms with Crippen molar-refractivity contribution in [3.63, 3.8) is 0 Å². The maximum absolute atomic E-state index is 12.2. The van der Waals surface area contributed by atoms with Crippen LogP contribution in [0.4, 0.5) is 10.8 Å². The van der Waals surface area contributed by atoms with E-state index >= 15 is 0 Å². The number of ether oxygens (including phenoxy) is 1. The summed E-state index contributed by atoms with van der Waals surface area (Å²) in [5, 5.41) is 7.62. The maximum atomic E-state index is 12.2. The molecule has 0 radical (unpaired) electrons. The lowest BCUT2D eigenvalue weighted by molar-refractivity contribution is -0.115. The SMILES string of the molecule is C[S+]([O-])n1ccc(C(=O)NCC(=O)Nc2nc(-c3cccc(N4CCOCC4)c3)cs2)c1. The summed E-state index contributed by atoms with van der Waals surface area (Å²) in [6, 6.07) is 9.68. The van der Waals surface area contributed by atoms with Crippen molar-refractivity contribution in [1.29, 1.82) is 0 Å². The van der Waals surface area contributed by atoms with E-state index in [1.54, 1.807) is 12.3 Å². The predicted molar refractivity (Wildman–Crippen MR) is 125 cm³/mol. The molecule has 4 rings (SSSR count). The number of nitrogens with zero attached hydrogens (tertiary/aromatic N) is 3. The van der Waals surface area contributed by atoms with Crippen molar-refractivity contribution in [3.05, 3.63) is 53.7 Å². The fourth-order valence-corrected chi connectivity index (χ4v) is 4.47. The van der Waals surface area contributed by atoms with Crippen LogP contribution in [0.25, 0.3) is 11.3 Å². The lowest BCUT2D eigenvalue weighted by atomic mass is 10.1. The Hall–Kier alpha value is -2.86. The van der Waals surface area contributed by atoms with Crippen LogP contribution in [0.2, 0.25) is 0 Å². The Morgan fingerprint density at radius 1 is 1.28 bits per heavy atom. The highest BCUT2D eigenvalue weighted by Gasteiger charge is 2.15. The third kappa shape index (κ3) is 5.49. The molecule has 1 unspecified atom stereocenters. The van der Waals surface area contributed by atoms with Crippen molar-refractivity contribution in [2.45, 2.75) is 0 Å². The average molecular weight is 474 g/mol. The van der Waals surface area contributed by atoms with Gasteiger partial charge in [0, 0.05) is 29.7 Å². The summed E-state index contributed by atoms with van der Waals surface area (Å²) in [4.78, 5) is 31.2. The number of aromatic nitrogens is 2. The maximum Gasteiger partial charge on any atom is 0.253 e. The van der Waals surface area contributed by atoms with Crippen LogP contribution in [-0.2, 0) is 20.9 Å². The van der Waals surface area contributed by atoms with E-state index in [0.717, 1.165) is 43.2 Å². The monoisotopic (exact) mass is 473 g/mol. The van der Waals surface area contributed by atoms with E-state index in [1.807, 2.05) is 17.5 Å². The number of hydrogen-bond donors (Lipinski definition) is 2. The Morgan fingerprint density at radius 2 is 2.09 bits per heavy atom. The number of benzene rings is 1. The molecule has 0 aliphatic carbocycles. The van der Waals surface area contributed by atoms with E-state index < -0.39 is 17.3 Å². The Bertz CT molecular complexity index is 1090. The minimum Gasteiger partial charge on any atom is -0.593 e. The lowest BCUT2D eigenvalue weighted by Gasteiger charge is -2.29. The molecule has 1 fully saturated rings. The smallest absolute Gasteiger partial charge is 0.253 e. The number of amides is 2. The van der Waals surface area contributed by atoms with Gasteiger partial charge >= 0.3 is 0 Å². The molecule has 0 spiro atoms. The molecule has 0 bridgehead atoms. The van der Waals surface area contributed by atoms with Gasteiger partial charge in [0.1, 0.15) is 6.26 Å². The zero-order chi connectivity index (χ0) is 22.5. The molecule has 1 aromatic carbocycles. The van der Waals surface area contributed by atoms with Crippen LogP contribution in [-0.4, -0.2) is 64.4 Å². The van der Waals surface area contributed by atoms with Gasteiger partial charge in [-0.25, -0.2) is 4.98 Å². The second-order valence-electron chi connectivity index (χ2n) is 7.10. The average Bonchev–Trinajstić information content (AvgIpc) is 3.48. The molecule has 2 aromatic heterocycles. The molecular weight excluding hydrogens is 450 g/mol. The lowest BCUT2D eigenvalue weighted by Crippen LogP contribution is -2.36. The first-order valence-corrected chi connectivity index (χ1v) is 12.4. The number of carbonyl (C=O) groups is 2. The van der Waals surface area contributed by atoms with Crippen molar-refractivity contribution in [1.82, 2.24) is 14.3 Å². The van der Waals surface area contributed by atoms with Gasteiger partial charge in [0.15, 0.2) is 5.13 Å². The van der Waals surface area contributed by atoms with E-state index in [-0.39, 0.29) is 12.5 Å². The molecule has 2 amide bonds. The standard InChI is InChI=1S/C21H23N5O4S2/c1-32(29)26-6-5-16(13-26)20(28)22-12-19(27)24-21-23-18(14-31-21)15-3-2-4-17(11-15)25-7-9-30-10-8-25/h2-6,11,13-14H,7-10,12H2,1H3,(H,22,28)(H,23,24,27). The Labute approximate surface area is 192 Å². The van der Waals surface area contributed by atoms with Crippen LogP contribution in [0, 0.1) is 0 Å². The summed E-state index contributed by atoms with van der Waals surface area (Å²) >= 11 is 0.0863. The van der Waals surface area contributed by atoms with Crippen LogP contribution in [0.1, 0.15) is 10.4 Å². The number of anilines is 2. The summed E-state index contributed by atoms with van der Waals surface area (Å²) in [6.07, 6.45) is 4.54. The van der Waals surface area contributed by atoms with Gasteiger partial charge in [-0.2, -0.15) is 3.97 Å². The third-order valence-corrected chi connectivity index (χ3v) is 6.48. The van der Waals surface area contributed by atoms with E-state index in [9.17, 15) is 14.1 Å². The van der Waals surface area contributed by atoms with Crippen LogP contribution in [0.3, 0.4) is 0 Å². The van der Waals surface area contributed by atoms with Gasteiger partial charge in [0.25, 0.3) is 5.91 Å². The quantitative estimate of drug-likeness (QED) is 0.508. The number of rotatable bonds is 7. The van der Waals surface area contributed by atoms with Crippen molar-refractivity contribution < 1.29 is 18.9 Å². The van der Waals surface area contributed by atoms with Crippen LogP contribution < -0.4 is 15.5 Å². The first-order valence-electron chi connectivity index (χ1n) is 9.98. The van der Waals surface area contributed by atoms with Crippen LogP contribution in [0.15, 0.2) is 48.1 Å². The first kappa shape index (κ1) is 22.3. The fourth-order valence-electron chi connectivity index (χ4n) is 3.24. The van der Waals surface area contributed by atoms with Gasteiger partial charge in [-0.3, -0.25) is 9.59 Å². The minimum absolute atomic E-state index is 0.194. The predicted octanol–water partition coefficient (Wildman–Crippen LogP) is 1.96. The van der Waals surface area contributed by atoms with Gasteiger partial charge in [0.2, 0.25) is 5.91 Å². The molecule has 32 heavy (non-hydrogen) atoms. The second-order valence-corrected chi connectivity index (χ2v) is 9.23. The summed E-state index contributed by atoms with van der Waals surface area (Å²) < 4.78 is 18.3. The van der Waals surface area contributed by atoms with Gasteiger partial charge in [-0.1, -0.05) is 12.1 Å². The van der Waals surface area contributed by atoms with E-state index in [2.05, 4.69) is 32.7 Å². The molecule has 2 N–H and O–H groups in total. The van der Waals surface area contributed by atoms with Gasteiger partial charge in [0.05, 0.1) is 54.8 Å². The largest absolute Gasteiger partial charge is 0.593 e. The minimum atomic E-state index is -1.24. The molecule has 1 saturated heterocycles. The van der Waals surface area contributed by atoms with Gasteiger partial charge in [-0.15, -0.1) is 11.3 Å². The topological polar surface area (TPSA) is 112 Å². The van der Waals surface area contributed by atoms with E-state index in [1.165, 1.54) is 27.8 Å². The summed E-state index contributed by atoms with van der Waals surface area (Å²) in [5.74, 6) is -0.788. The van der Waals surface area contributed by atoms with Crippen molar-refractivity contribution >= 4 is 45.3 Å². The highest BCUT2D eigenvalue weighted by Crippen LogP contribution is 2.28. The Kier molecular flexibility index (Phi) is 7.10. The van der Waals surface area contributed by atoms with E-state index in [0.29, 0.717) is 10.7 Å². The number of carbonyl (C=O) groups excluding carboxylic acids is 2. The number of morpholine rings is 1. The molecule has 3 aromatic rings. The van der Waals surface area contributed by atoms with Gasteiger partial charge < -0.3 is 24.8 Å². The highest BCUT2D eigenvalue weighted by molar-refractivity contribution is 7.89. The fraction of sp³-hybridized carbons (Fsp3) is 0.286. The van der Waals surface area contributed by atoms with Crippen LogP contribution >= 0.6 is 11.3 Å². The first-order chi connectivity index (χ1) is 15.5. The highest BCUT2D eigenvalue weighted by atomic mass is 32.2. The van der Waals surface area contributed by atoms with Crippen molar-refractivity contribution in [3.8, 4) is 11.3 Å².